The van der Waals surface area contributed by atoms with Gasteiger partial charge in [0.15, 0.2) is 0 Å². The first-order chi connectivity index (χ1) is 8.74. The highest BCUT2D eigenvalue weighted by molar-refractivity contribution is 5.60. The van der Waals surface area contributed by atoms with Crippen LogP contribution in [0.3, 0.4) is 0 Å². The molecule has 1 aliphatic rings. The molecule has 0 bridgehead atoms. The molecule has 4 nitrogen and oxygen atoms in total. The van der Waals surface area contributed by atoms with E-state index >= 15 is 0 Å². The van der Waals surface area contributed by atoms with Crippen molar-refractivity contribution in [2.75, 3.05) is 11.9 Å². The van der Waals surface area contributed by atoms with Gasteiger partial charge in [-0.15, -0.1) is 0 Å². The van der Waals surface area contributed by atoms with Gasteiger partial charge in [-0.05, 0) is 31.0 Å². The zero-order chi connectivity index (χ0) is 12.5. The number of aryl methyl sites for hydroxylation is 1. The number of aromatic nitrogens is 3. The predicted octanol–water partition coefficient (Wildman–Crippen LogP) is 2.70. The monoisotopic (exact) mass is 250 g/mol. The van der Waals surface area contributed by atoms with E-state index in [4.69, 9.17) is 0 Å². The Morgan fingerprint density at radius 2 is 2.11 bits per heavy atom. The quantitative estimate of drug-likeness (QED) is 0.891. The third kappa shape index (κ3) is 1.94. The van der Waals surface area contributed by atoms with Crippen molar-refractivity contribution in [2.24, 2.45) is 0 Å². The van der Waals surface area contributed by atoms with Gasteiger partial charge in [0.25, 0.3) is 0 Å². The van der Waals surface area contributed by atoms with Gasteiger partial charge in [-0.25, -0.2) is 9.67 Å². The lowest BCUT2D eigenvalue weighted by atomic mass is 10.1. The number of hydrogen-bond donors (Lipinski definition) is 1. The number of nitrogens with one attached hydrogen (secondary N) is 1. The van der Waals surface area contributed by atoms with Crippen molar-refractivity contribution in [3.05, 3.63) is 30.1 Å². The first-order valence-electron chi connectivity index (χ1n) is 5.81. The van der Waals surface area contributed by atoms with Crippen LogP contribution in [0.2, 0.25) is 0 Å². The fourth-order valence-electron chi connectivity index (χ4n) is 2.06. The van der Waals surface area contributed by atoms with Crippen LogP contribution < -0.4 is 5.32 Å². The van der Waals surface area contributed by atoms with Crippen LogP contribution in [-0.4, -0.2) is 21.3 Å². The SMILES string of the molecule is FC(F)n1ccc(-c2ccc3c(n2)CCCN3)n1. The van der Waals surface area contributed by atoms with Crippen molar-refractivity contribution in [2.45, 2.75) is 19.4 Å². The highest BCUT2D eigenvalue weighted by Gasteiger charge is 2.13. The molecule has 3 rings (SSSR count). The number of rotatable bonds is 2. The smallest absolute Gasteiger partial charge is 0.333 e. The molecule has 0 radical (unpaired) electrons. The minimum atomic E-state index is -2.61. The van der Waals surface area contributed by atoms with Gasteiger partial charge >= 0.3 is 6.55 Å². The second-order valence-corrected chi connectivity index (χ2v) is 4.18. The van der Waals surface area contributed by atoms with Crippen molar-refractivity contribution >= 4 is 5.69 Å². The Morgan fingerprint density at radius 1 is 1.22 bits per heavy atom. The van der Waals surface area contributed by atoms with Gasteiger partial charge in [0, 0.05) is 12.7 Å². The molecule has 2 aromatic rings. The van der Waals surface area contributed by atoms with Crippen LogP contribution in [0.5, 0.6) is 0 Å². The minimum Gasteiger partial charge on any atom is -0.384 e. The molecule has 0 atom stereocenters. The summed E-state index contributed by atoms with van der Waals surface area (Å²) in [4.78, 5) is 4.47. The van der Waals surface area contributed by atoms with Gasteiger partial charge in [-0.2, -0.15) is 13.9 Å². The van der Waals surface area contributed by atoms with E-state index in [1.165, 1.54) is 6.20 Å². The van der Waals surface area contributed by atoms with Crippen molar-refractivity contribution in [1.82, 2.24) is 14.8 Å². The highest BCUT2D eigenvalue weighted by atomic mass is 19.3. The van der Waals surface area contributed by atoms with E-state index < -0.39 is 6.55 Å². The summed E-state index contributed by atoms with van der Waals surface area (Å²) in [7, 11) is 0. The van der Waals surface area contributed by atoms with E-state index in [1.807, 2.05) is 6.07 Å². The van der Waals surface area contributed by atoms with Gasteiger partial charge in [0.05, 0.1) is 17.1 Å². The highest BCUT2D eigenvalue weighted by Crippen LogP contribution is 2.24. The fourth-order valence-corrected chi connectivity index (χ4v) is 2.06. The molecule has 94 valence electrons. The van der Waals surface area contributed by atoms with Crippen molar-refractivity contribution in [3.63, 3.8) is 0 Å². The van der Waals surface area contributed by atoms with E-state index in [-0.39, 0.29) is 0 Å². The maximum atomic E-state index is 12.4. The van der Waals surface area contributed by atoms with Crippen LogP contribution in [0, 0.1) is 0 Å². The molecule has 1 aliphatic heterocycles. The minimum absolute atomic E-state index is 0.476. The van der Waals surface area contributed by atoms with Crippen LogP contribution in [0.4, 0.5) is 14.5 Å². The number of pyridine rings is 1. The Bertz CT molecular complexity index is 565. The number of hydrogen-bond acceptors (Lipinski definition) is 3. The number of halogens is 2. The second-order valence-electron chi connectivity index (χ2n) is 4.18. The topological polar surface area (TPSA) is 42.7 Å². The summed E-state index contributed by atoms with van der Waals surface area (Å²) in [6.07, 6.45) is 3.21. The number of alkyl halides is 2. The lowest BCUT2D eigenvalue weighted by Crippen LogP contribution is -2.13. The summed E-state index contributed by atoms with van der Waals surface area (Å²) in [5.41, 5.74) is 3.11. The third-order valence-corrected chi connectivity index (χ3v) is 2.95. The zero-order valence-corrected chi connectivity index (χ0v) is 9.61. The molecule has 0 fully saturated rings. The van der Waals surface area contributed by atoms with Crippen molar-refractivity contribution in [1.29, 1.82) is 0 Å². The predicted molar refractivity (Wildman–Crippen MR) is 63.5 cm³/mol. The van der Waals surface area contributed by atoms with E-state index in [0.29, 0.717) is 16.1 Å². The fraction of sp³-hybridized carbons (Fsp3) is 0.333. The molecule has 2 aromatic heterocycles. The second kappa shape index (κ2) is 4.36. The van der Waals surface area contributed by atoms with Crippen LogP contribution in [0.25, 0.3) is 11.4 Å². The van der Waals surface area contributed by atoms with E-state index in [0.717, 1.165) is 30.8 Å². The van der Waals surface area contributed by atoms with Crippen LogP contribution in [-0.2, 0) is 6.42 Å². The van der Waals surface area contributed by atoms with Gasteiger partial charge in [0.1, 0.15) is 5.69 Å². The van der Waals surface area contributed by atoms with E-state index in [1.54, 1.807) is 12.1 Å². The summed E-state index contributed by atoms with van der Waals surface area (Å²) in [6.45, 7) is -1.66. The van der Waals surface area contributed by atoms with Crippen molar-refractivity contribution < 1.29 is 8.78 Å². The molecule has 3 heterocycles. The summed E-state index contributed by atoms with van der Waals surface area (Å²) in [6, 6.07) is 5.28. The Morgan fingerprint density at radius 3 is 2.89 bits per heavy atom. The lowest BCUT2D eigenvalue weighted by molar-refractivity contribution is 0.0568. The molecular formula is C12H12F2N4. The van der Waals surface area contributed by atoms with Crippen LogP contribution in [0.15, 0.2) is 24.4 Å². The standard InChI is InChI=1S/C12H12F2N4/c13-12(14)18-7-5-11(17-18)10-4-3-8-9(16-10)2-1-6-15-8/h3-5,7,12,15H,1-2,6H2. The van der Waals surface area contributed by atoms with E-state index in [2.05, 4.69) is 15.4 Å². The van der Waals surface area contributed by atoms with Crippen molar-refractivity contribution in [3.8, 4) is 11.4 Å². The molecule has 0 spiro atoms. The van der Waals surface area contributed by atoms with Gasteiger partial charge in [0.2, 0.25) is 0 Å². The van der Waals surface area contributed by atoms with Gasteiger partial charge in [-0.3, -0.25) is 0 Å². The normalized spacial score (nSPS) is 14.4. The average Bonchev–Trinajstić information content (AvgIpc) is 2.88. The zero-order valence-electron chi connectivity index (χ0n) is 9.61. The average molecular weight is 250 g/mol. The van der Waals surface area contributed by atoms with Gasteiger partial charge < -0.3 is 5.32 Å². The molecule has 0 saturated heterocycles. The molecule has 6 heteroatoms. The first kappa shape index (κ1) is 11.1. The molecule has 0 aliphatic carbocycles. The van der Waals surface area contributed by atoms with Gasteiger partial charge in [-0.1, -0.05) is 0 Å². The summed E-state index contributed by atoms with van der Waals surface area (Å²) in [5.74, 6) is 0. The first-order valence-corrected chi connectivity index (χ1v) is 5.81. The molecule has 1 N–H and O–H groups in total. The maximum absolute atomic E-state index is 12.4. The van der Waals surface area contributed by atoms with E-state index in [9.17, 15) is 8.78 Å². The lowest BCUT2D eigenvalue weighted by Gasteiger charge is -2.17. The summed E-state index contributed by atoms with van der Waals surface area (Å²) >= 11 is 0. The third-order valence-electron chi connectivity index (χ3n) is 2.95. The molecule has 0 amide bonds. The Kier molecular flexibility index (Phi) is 2.70. The number of fused-ring (bicyclic) bond motifs is 1. The van der Waals surface area contributed by atoms with Crippen LogP contribution in [0.1, 0.15) is 18.7 Å². The Balaban J connectivity index is 1.95. The molecule has 0 aromatic carbocycles. The Labute approximate surface area is 103 Å². The number of anilines is 1. The maximum Gasteiger partial charge on any atom is 0.333 e. The largest absolute Gasteiger partial charge is 0.384 e. The Hall–Kier alpha value is -1.98. The molecule has 0 saturated carbocycles. The number of nitrogens with zero attached hydrogens (tertiary/aromatic N) is 3. The molecular weight excluding hydrogens is 238 g/mol. The van der Waals surface area contributed by atoms with Crippen LogP contribution >= 0.6 is 0 Å². The summed E-state index contributed by atoms with van der Waals surface area (Å²) in [5, 5.41) is 7.07. The molecule has 0 unspecified atom stereocenters. The molecule has 18 heavy (non-hydrogen) atoms. The summed E-state index contributed by atoms with van der Waals surface area (Å²) < 4.78 is 25.5.